The van der Waals surface area contributed by atoms with Crippen LogP contribution in [-0.2, 0) is 6.54 Å². The molecule has 1 aliphatic rings. The molecule has 4 rings (SSSR count). The number of rotatable bonds is 2. The Bertz CT molecular complexity index is 1070. The maximum Gasteiger partial charge on any atom is 0.209 e. The van der Waals surface area contributed by atoms with Gasteiger partial charge in [-0.2, -0.15) is 0 Å². The van der Waals surface area contributed by atoms with Crippen molar-refractivity contribution in [1.82, 2.24) is 24.7 Å². The lowest BCUT2D eigenvalue weighted by atomic mass is 9.79. The number of aliphatic hydroxyl groups is 1. The Balaban J connectivity index is 1.69. The number of hydrogen-bond acceptors (Lipinski definition) is 7. The molecule has 1 fully saturated rings. The molecule has 2 unspecified atom stereocenters. The monoisotopic (exact) mass is 380 g/mol. The first-order chi connectivity index (χ1) is 13.3. The lowest BCUT2D eigenvalue weighted by Crippen LogP contribution is -2.32. The fourth-order valence-electron chi connectivity index (χ4n) is 3.84. The van der Waals surface area contributed by atoms with Crippen molar-refractivity contribution in [3.63, 3.8) is 0 Å². The van der Waals surface area contributed by atoms with Crippen LogP contribution >= 0.6 is 0 Å². The highest BCUT2D eigenvalue weighted by molar-refractivity contribution is 5.82. The van der Waals surface area contributed by atoms with E-state index in [4.69, 9.17) is 10.3 Å². The molecule has 0 bridgehead atoms. The molecule has 8 nitrogen and oxygen atoms in total. The summed E-state index contributed by atoms with van der Waals surface area (Å²) < 4.78 is 7.12. The van der Waals surface area contributed by atoms with Crippen molar-refractivity contribution in [3.8, 4) is 11.8 Å². The predicted octanol–water partition coefficient (Wildman–Crippen LogP) is 2.35. The molecule has 2 atom stereocenters. The van der Waals surface area contributed by atoms with Crippen molar-refractivity contribution >= 4 is 17.0 Å². The van der Waals surface area contributed by atoms with E-state index in [-0.39, 0.29) is 11.6 Å². The molecule has 0 amide bonds. The van der Waals surface area contributed by atoms with Crippen LogP contribution in [0, 0.1) is 31.6 Å². The fraction of sp³-hybridized carbons (Fsp3) is 0.500. The van der Waals surface area contributed by atoms with Crippen LogP contribution in [-0.4, -0.2) is 35.4 Å². The van der Waals surface area contributed by atoms with Gasteiger partial charge in [0.1, 0.15) is 16.9 Å². The third-order valence-electron chi connectivity index (χ3n) is 5.38. The number of aryl methyl sites for hydroxylation is 2. The molecule has 0 radical (unpaired) electrons. The maximum absolute atomic E-state index is 10.7. The number of fused-ring (bicyclic) bond motifs is 1. The smallest absolute Gasteiger partial charge is 0.209 e. The summed E-state index contributed by atoms with van der Waals surface area (Å²) in [6.45, 7) is 6.43. The molecule has 28 heavy (non-hydrogen) atoms. The molecule has 3 N–H and O–H groups in total. The zero-order chi connectivity index (χ0) is 19.9. The topological polar surface area (TPSA) is 116 Å². The largest absolute Gasteiger partial charge is 0.382 e. The molecule has 0 aliphatic heterocycles. The summed E-state index contributed by atoms with van der Waals surface area (Å²) in [4.78, 5) is 13.1. The molecule has 8 heteroatoms. The van der Waals surface area contributed by atoms with Gasteiger partial charge in [-0.1, -0.05) is 24.4 Å². The van der Waals surface area contributed by atoms with Gasteiger partial charge in [-0.05, 0) is 44.9 Å². The Kier molecular flexibility index (Phi) is 4.55. The van der Waals surface area contributed by atoms with E-state index in [9.17, 15) is 5.11 Å². The van der Waals surface area contributed by atoms with Crippen molar-refractivity contribution < 1.29 is 9.63 Å². The van der Waals surface area contributed by atoms with Crippen molar-refractivity contribution in [2.24, 2.45) is 5.92 Å². The zero-order valence-corrected chi connectivity index (χ0v) is 16.4. The second kappa shape index (κ2) is 6.91. The average Bonchev–Trinajstić information content (AvgIpc) is 3.19. The zero-order valence-electron chi connectivity index (χ0n) is 16.4. The van der Waals surface area contributed by atoms with Gasteiger partial charge in [0.05, 0.1) is 18.6 Å². The highest BCUT2D eigenvalue weighted by Gasteiger charge is 2.30. The first-order valence-corrected chi connectivity index (χ1v) is 9.50. The highest BCUT2D eigenvalue weighted by atomic mass is 16.5. The SMILES string of the molecule is Cc1noc(C)c1Cn1cnc2c(N)nc(C#CC3(O)CCCC(C)C3)nc21. The van der Waals surface area contributed by atoms with E-state index in [1.807, 2.05) is 18.4 Å². The number of nitrogens with two attached hydrogens (primary N) is 1. The van der Waals surface area contributed by atoms with E-state index in [1.165, 1.54) is 0 Å². The van der Waals surface area contributed by atoms with Gasteiger partial charge in [0.15, 0.2) is 11.5 Å². The third kappa shape index (κ3) is 3.45. The standard InChI is InChI=1S/C20H24N6O2/c1-12-5-4-7-20(27,9-12)8-6-16-23-18(21)17-19(24-16)26(11-22-17)10-15-13(2)25-28-14(15)3/h11-12,27H,4-5,7,9-10H2,1-3H3,(H2,21,23,24). The fourth-order valence-corrected chi connectivity index (χ4v) is 3.84. The van der Waals surface area contributed by atoms with E-state index in [1.54, 1.807) is 6.33 Å². The summed E-state index contributed by atoms with van der Waals surface area (Å²) in [5.41, 5.74) is 8.03. The van der Waals surface area contributed by atoms with Crippen molar-refractivity contribution in [1.29, 1.82) is 0 Å². The van der Waals surface area contributed by atoms with Crippen LogP contribution < -0.4 is 5.73 Å². The number of nitrogens with zero attached hydrogens (tertiary/aromatic N) is 5. The van der Waals surface area contributed by atoms with Crippen molar-refractivity contribution in [3.05, 3.63) is 29.2 Å². The molecule has 0 spiro atoms. The van der Waals surface area contributed by atoms with Gasteiger partial charge < -0.3 is 19.9 Å². The highest BCUT2D eigenvalue weighted by Crippen LogP contribution is 2.31. The molecule has 0 aromatic carbocycles. The summed E-state index contributed by atoms with van der Waals surface area (Å²) in [5.74, 6) is 7.69. The van der Waals surface area contributed by atoms with Crippen LogP contribution in [0.4, 0.5) is 5.82 Å². The summed E-state index contributed by atoms with van der Waals surface area (Å²) >= 11 is 0. The lowest BCUT2D eigenvalue weighted by Gasteiger charge is -2.30. The molecule has 3 aromatic heterocycles. The van der Waals surface area contributed by atoms with E-state index in [2.05, 4.69) is 38.9 Å². The van der Waals surface area contributed by atoms with Crippen molar-refractivity contribution in [2.75, 3.05) is 5.73 Å². The molecule has 1 saturated carbocycles. The van der Waals surface area contributed by atoms with Gasteiger partial charge in [0.25, 0.3) is 0 Å². The second-order valence-corrected chi connectivity index (χ2v) is 7.76. The molecule has 3 aromatic rings. The maximum atomic E-state index is 10.7. The van der Waals surface area contributed by atoms with Crippen LogP contribution in [0.15, 0.2) is 10.9 Å². The van der Waals surface area contributed by atoms with E-state index in [0.717, 1.165) is 29.9 Å². The summed E-state index contributed by atoms with van der Waals surface area (Å²) in [6, 6.07) is 0. The number of imidazole rings is 1. The average molecular weight is 380 g/mol. The van der Waals surface area contributed by atoms with Gasteiger partial charge in [-0.15, -0.1) is 0 Å². The van der Waals surface area contributed by atoms with E-state index >= 15 is 0 Å². The summed E-state index contributed by atoms with van der Waals surface area (Å²) in [6.07, 6.45) is 5.11. The Morgan fingerprint density at radius 3 is 2.93 bits per heavy atom. The van der Waals surface area contributed by atoms with Crippen LogP contribution in [0.3, 0.4) is 0 Å². The number of nitrogen functional groups attached to an aromatic ring is 1. The van der Waals surface area contributed by atoms with Gasteiger partial charge in [-0.3, -0.25) is 0 Å². The minimum Gasteiger partial charge on any atom is -0.382 e. The minimum atomic E-state index is -0.984. The Hall–Kier alpha value is -2.92. The summed E-state index contributed by atoms with van der Waals surface area (Å²) in [7, 11) is 0. The van der Waals surface area contributed by atoms with Crippen LogP contribution in [0.25, 0.3) is 11.2 Å². The Morgan fingerprint density at radius 1 is 1.39 bits per heavy atom. The third-order valence-corrected chi connectivity index (χ3v) is 5.38. The van der Waals surface area contributed by atoms with Crippen LogP contribution in [0.5, 0.6) is 0 Å². The number of hydrogen-bond donors (Lipinski definition) is 2. The molecule has 1 aliphatic carbocycles. The number of aromatic nitrogens is 5. The Morgan fingerprint density at radius 2 is 2.21 bits per heavy atom. The molecule has 0 saturated heterocycles. The van der Waals surface area contributed by atoms with Gasteiger partial charge in [0, 0.05) is 5.56 Å². The first-order valence-electron chi connectivity index (χ1n) is 9.50. The van der Waals surface area contributed by atoms with E-state index < -0.39 is 5.60 Å². The normalized spacial score (nSPS) is 22.2. The molecular formula is C20H24N6O2. The second-order valence-electron chi connectivity index (χ2n) is 7.76. The van der Waals surface area contributed by atoms with E-state index in [0.29, 0.717) is 36.5 Å². The van der Waals surface area contributed by atoms with Gasteiger partial charge >= 0.3 is 0 Å². The van der Waals surface area contributed by atoms with Crippen LogP contribution in [0.2, 0.25) is 0 Å². The molecule has 3 heterocycles. The predicted molar refractivity (Wildman–Crippen MR) is 104 cm³/mol. The first kappa shape index (κ1) is 18.4. The van der Waals surface area contributed by atoms with Gasteiger partial charge in [0.2, 0.25) is 5.82 Å². The summed E-state index contributed by atoms with van der Waals surface area (Å²) in [5, 5.41) is 14.7. The van der Waals surface area contributed by atoms with Gasteiger partial charge in [-0.25, -0.2) is 15.0 Å². The van der Waals surface area contributed by atoms with Crippen LogP contribution in [0.1, 0.15) is 55.4 Å². The molecule has 146 valence electrons. The number of anilines is 1. The van der Waals surface area contributed by atoms with Crippen molar-refractivity contribution in [2.45, 2.75) is 58.6 Å². The quantitative estimate of drug-likeness (QED) is 0.656. The lowest BCUT2D eigenvalue weighted by molar-refractivity contribution is 0.0410. The Labute approximate surface area is 163 Å². The minimum absolute atomic E-state index is 0.274. The molecular weight excluding hydrogens is 356 g/mol.